The monoisotopic (exact) mass is 312 g/mol. The summed E-state index contributed by atoms with van der Waals surface area (Å²) in [6, 6.07) is 7.49. The Hall–Kier alpha value is -1.57. The van der Waals surface area contributed by atoms with E-state index in [0.29, 0.717) is 17.9 Å². The molecule has 0 N–H and O–H groups in total. The van der Waals surface area contributed by atoms with Crippen molar-refractivity contribution >= 4 is 0 Å². The van der Waals surface area contributed by atoms with Crippen LogP contribution in [0, 0.1) is 6.92 Å². The van der Waals surface area contributed by atoms with Gasteiger partial charge in [0.15, 0.2) is 0 Å². The molecule has 1 aromatic carbocycles. The van der Waals surface area contributed by atoms with Crippen LogP contribution in [-0.2, 0) is 6.42 Å². The van der Waals surface area contributed by atoms with Crippen LogP contribution in [0.2, 0.25) is 0 Å². The van der Waals surface area contributed by atoms with Crippen LogP contribution in [0.25, 0.3) is 11.1 Å². The Morgan fingerprint density at radius 2 is 1.43 bits per heavy atom. The molecular formula is C21H32N2. The lowest BCUT2D eigenvalue weighted by molar-refractivity contribution is 0.514. The van der Waals surface area contributed by atoms with E-state index in [1.807, 2.05) is 0 Å². The highest BCUT2D eigenvalue weighted by Crippen LogP contribution is 2.34. The number of rotatable bonds is 5. The quantitative estimate of drug-likeness (QED) is 0.638. The Bertz CT molecular complexity index is 649. The first-order valence-corrected chi connectivity index (χ1v) is 8.99. The van der Waals surface area contributed by atoms with Crippen molar-refractivity contribution in [1.29, 1.82) is 0 Å². The second kappa shape index (κ2) is 6.90. The van der Waals surface area contributed by atoms with Crippen LogP contribution in [0.4, 0.5) is 0 Å². The summed E-state index contributed by atoms with van der Waals surface area (Å²) >= 11 is 0. The van der Waals surface area contributed by atoms with Crippen molar-refractivity contribution in [1.82, 2.24) is 9.78 Å². The lowest BCUT2D eigenvalue weighted by Crippen LogP contribution is -2.05. The molecule has 0 radical (unpaired) electrons. The predicted molar refractivity (Wildman–Crippen MR) is 100 cm³/mol. The van der Waals surface area contributed by atoms with E-state index in [0.717, 1.165) is 6.42 Å². The predicted octanol–water partition coefficient (Wildman–Crippen LogP) is 6.25. The van der Waals surface area contributed by atoms with E-state index in [1.54, 1.807) is 0 Å². The highest BCUT2D eigenvalue weighted by molar-refractivity contribution is 5.70. The van der Waals surface area contributed by atoms with Gasteiger partial charge in [0.05, 0.1) is 5.69 Å². The molecule has 0 spiro atoms. The standard InChI is InChI=1S/C21H32N2/c1-9-20-21(16(8)23(22-20)15(6)7)19-11-17(13(2)3)10-18(12-19)14(4)5/h10-15H,9H2,1-8H3. The van der Waals surface area contributed by atoms with Crippen molar-refractivity contribution in [3.05, 3.63) is 40.7 Å². The Morgan fingerprint density at radius 3 is 1.83 bits per heavy atom. The normalized spacial score (nSPS) is 12.0. The van der Waals surface area contributed by atoms with Crippen LogP contribution in [0.15, 0.2) is 18.2 Å². The van der Waals surface area contributed by atoms with Crippen LogP contribution in [0.5, 0.6) is 0 Å². The molecule has 2 aromatic rings. The van der Waals surface area contributed by atoms with Crippen molar-refractivity contribution in [2.24, 2.45) is 0 Å². The lowest BCUT2D eigenvalue weighted by Gasteiger charge is -2.15. The van der Waals surface area contributed by atoms with Gasteiger partial charge in [-0.2, -0.15) is 5.10 Å². The number of aromatic nitrogens is 2. The zero-order valence-electron chi connectivity index (χ0n) is 16.1. The number of benzene rings is 1. The number of nitrogens with zero attached hydrogens (tertiary/aromatic N) is 2. The summed E-state index contributed by atoms with van der Waals surface area (Å²) < 4.78 is 2.17. The summed E-state index contributed by atoms with van der Waals surface area (Å²) in [7, 11) is 0. The summed E-state index contributed by atoms with van der Waals surface area (Å²) in [4.78, 5) is 0. The zero-order chi connectivity index (χ0) is 17.3. The Kier molecular flexibility index (Phi) is 5.33. The molecule has 23 heavy (non-hydrogen) atoms. The zero-order valence-corrected chi connectivity index (χ0v) is 16.1. The van der Waals surface area contributed by atoms with E-state index in [2.05, 4.69) is 78.3 Å². The highest BCUT2D eigenvalue weighted by Gasteiger charge is 2.18. The molecule has 2 rings (SSSR count). The molecule has 0 aliphatic heterocycles. The molecule has 0 aliphatic rings. The summed E-state index contributed by atoms with van der Waals surface area (Å²) in [5.74, 6) is 1.08. The fourth-order valence-electron chi connectivity index (χ4n) is 3.19. The molecule has 0 fully saturated rings. The van der Waals surface area contributed by atoms with E-state index in [9.17, 15) is 0 Å². The van der Waals surface area contributed by atoms with Gasteiger partial charge in [0.25, 0.3) is 0 Å². The van der Waals surface area contributed by atoms with E-state index >= 15 is 0 Å². The Morgan fingerprint density at radius 1 is 0.913 bits per heavy atom. The van der Waals surface area contributed by atoms with Crippen LogP contribution in [-0.4, -0.2) is 9.78 Å². The molecule has 2 nitrogen and oxygen atoms in total. The maximum atomic E-state index is 4.87. The van der Waals surface area contributed by atoms with Gasteiger partial charge in [-0.3, -0.25) is 4.68 Å². The van der Waals surface area contributed by atoms with Crippen molar-refractivity contribution in [3.8, 4) is 11.1 Å². The molecular weight excluding hydrogens is 280 g/mol. The van der Waals surface area contributed by atoms with Gasteiger partial charge in [0.1, 0.15) is 0 Å². The van der Waals surface area contributed by atoms with Crippen LogP contribution in [0.3, 0.4) is 0 Å². The van der Waals surface area contributed by atoms with Gasteiger partial charge in [0, 0.05) is 17.3 Å². The van der Waals surface area contributed by atoms with Crippen LogP contribution >= 0.6 is 0 Å². The summed E-state index contributed by atoms with van der Waals surface area (Å²) in [5.41, 5.74) is 8.01. The number of hydrogen-bond acceptors (Lipinski definition) is 1. The molecule has 126 valence electrons. The van der Waals surface area contributed by atoms with Crippen molar-refractivity contribution in [3.63, 3.8) is 0 Å². The summed E-state index contributed by atoms with van der Waals surface area (Å²) in [6.45, 7) is 17.9. The smallest absolute Gasteiger partial charge is 0.0703 e. The number of hydrogen-bond donors (Lipinski definition) is 0. The second-order valence-electron chi connectivity index (χ2n) is 7.50. The first-order chi connectivity index (χ1) is 10.8. The average molecular weight is 313 g/mol. The van der Waals surface area contributed by atoms with E-state index in [1.165, 1.54) is 33.6 Å². The van der Waals surface area contributed by atoms with Crippen molar-refractivity contribution in [2.75, 3.05) is 0 Å². The molecule has 0 unspecified atom stereocenters. The molecule has 0 aliphatic carbocycles. The number of aryl methyl sites for hydroxylation is 1. The first-order valence-electron chi connectivity index (χ1n) is 8.99. The molecule has 0 amide bonds. The van der Waals surface area contributed by atoms with Crippen LogP contribution in [0.1, 0.15) is 88.9 Å². The van der Waals surface area contributed by atoms with E-state index in [4.69, 9.17) is 5.10 Å². The maximum Gasteiger partial charge on any atom is 0.0703 e. The fourth-order valence-corrected chi connectivity index (χ4v) is 3.19. The van der Waals surface area contributed by atoms with E-state index in [-0.39, 0.29) is 0 Å². The van der Waals surface area contributed by atoms with Gasteiger partial charge < -0.3 is 0 Å². The van der Waals surface area contributed by atoms with Gasteiger partial charge in [0.2, 0.25) is 0 Å². The SMILES string of the molecule is CCc1nn(C(C)C)c(C)c1-c1cc(C(C)C)cc(C(C)C)c1. The van der Waals surface area contributed by atoms with Gasteiger partial charge in [-0.05, 0) is 55.7 Å². The third-order valence-corrected chi connectivity index (χ3v) is 4.65. The summed E-state index contributed by atoms with van der Waals surface area (Å²) in [5, 5.41) is 4.87. The van der Waals surface area contributed by atoms with Crippen LogP contribution < -0.4 is 0 Å². The van der Waals surface area contributed by atoms with Crippen molar-refractivity contribution in [2.45, 2.75) is 79.7 Å². The highest BCUT2D eigenvalue weighted by atomic mass is 15.3. The average Bonchev–Trinajstić information content (AvgIpc) is 2.83. The fraction of sp³-hybridized carbons (Fsp3) is 0.571. The minimum atomic E-state index is 0.395. The molecule has 1 heterocycles. The molecule has 1 aromatic heterocycles. The van der Waals surface area contributed by atoms with Gasteiger partial charge in [-0.15, -0.1) is 0 Å². The second-order valence-corrected chi connectivity index (χ2v) is 7.50. The largest absolute Gasteiger partial charge is 0.266 e. The maximum absolute atomic E-state index is 4.87. The Labute approximate surface area is 141 Å². The minimum Gasteiger partial charge on any atom is -0.266 e. The molecule has 0 bridgehead atoms. The third-order valence-electron chi connectivity index (χ3n) is 4.65. The van der Waals surface area contributed by atoms with Crippen molar-refractivity contribution < 1.29 is 0 Å². The Balaban J connectivity index is 2.70. The molecule has 2 heteroatoms. The van der Waals surface area contributed by atoms with Gasteiger partial charge >= 0.3 is 0 Å². The minimum absolute atomic E-state index is 0.395. The topological polar surface area (TPSA) is 17.8 Å². The van der Waals surface area contributed by atoms with Gasteiger partial charge in [-0.1, -0.05) is 52.8 Å². The molecule has 0 saturated heterocycles. The molecule has 0 atom stereocenters. The lowest BCUT2D eigenvalue weighted by atomic mass is 9.90. The molecule has 0 saturated carbocycles. The first kappa shape index (κ1) is 17.8. The summed E-state index contributed by atoms with van der Waals surface area (Å²) in [6.07, 6.45) is 0.971. The third kappa shape index (κ3) is 3.52. The van der Waals surface area contributed by atoms with Gasteiger partial charge in [-0.25, -0.2) is 0 Å². The van der Waals surface area contributed by atoms with E-state index < -0.39 is 0 Å².